The molecule has 0 radical (unpaired) electrons. The SMILES string of the molecule is CC(C)OC1(C)C=CC(c2ccccc2)C(C(=O)O)=C1. The minimum Gasteiger partial charge on any atom is -0.478 e. The van der Waals surface area contributed by atoms with E-state index in [2.05, 4.69) is 0 Å². The smallest absolute Gasteiger partial charge is 0.332 e. The van der Waals surface area contributed by atoms with Crippen LogP contribution >= 0.6 is 0 Å². The van der Waals surface area contributed by atoms with Crippen molar-refractivity contribution in [3.05, 3.63) is 59.7 Å². The zero-order chi connectivity index (χ0) is 14.8. The molecule has 1 N–H and O–H groups in total. The maximum Gasteiger partial charge on any atom is 0.332 e. The number of carboxylic acid groups (broad SMARTS) is 1. The summed E-state index contributed by atoms with van der Waals surface area (Å²) in [4.78, 5) is 11.6. The molecule has 0 spiro atoms. The van der Waals surface area contributed by atoms with Gasteiger partial charge in [-0.2, -0.15) is 0 Å². The van der Waals surface area contributed by atoms with Gasteiger partial charge in [0, 0.05) is 11.5 Å². The van der Waals surface area contributed by atoms with E-state index in [1.54, 1.807) is 6.08 Å². The van der Waals surface area contributed by atoms with Gasteiger partial charge in [0.05, 0.1) is 6.10 Å². The Morgan fingerprint density at radius 3 is 2.50 bits per heavy atom. The molecule has 0 aliphatic heterocycles. The molecule has 2 unspecified atom stereocenters. The summed E-state index contributed by atoms with van der Waals surface area (Å²) in [5.74, 6) is -1.13. The minimum absolute atomic E-state index is 0.0317. The lowest BCUT2D eigenvalue weighted by molar-refractivity contribution is -0.133. The molecule has 0 amide bonds. The third-order valence-corrected chi connectivity index (χ3v) is 3.29. The summed E-state index contributed by atoms with van der Waals surface area (Å²) in [6.45, 7) is 5.76. The van der Waals surface area contributed by atoms with Crippen molar-refractivity contribution >= 4 is 5.97 Å². The van der Waals surface area contributed by atoms with E-state index in [0.717, 1.165) is 5.56 Å². The maximum absolute atomic E-state index is 11.6. The molecule has 3 nitrogen and oxygen atoms in total. The largest absolute Gasteiger partial charge is 0.478 e. The summed E-state index contributed by atoms with van der Waals surface area (Å²) in [6.07, 6.45) is 5.61. The van der Waals surface area contributed by atoms with Crippen LogP contribution in [0.1, 0.15) is 32.3 Å². The van der Waals surface area contributed by atoms with Crippen LogP contribution in [0, 0.1) is 0 Å². The van der Waals surface area contributed by atoms with Gasteiger partial charge in [-0.05, 0) is 32.4 Å². The fourth-order valence-corrected chi connectivity index (χ4v) is 2.56. The second kappa shape index (κ2) is 5.63. The number of benzene rings is 1. The lowest BCUT2D eigenvalue weighted by Crippen LogP contribution is -2.31. The fourth-order valence-electron chi connectivity index (χ4n) is 2.56. The Labute approximate surface area is 119 Å². The Kier molecular flexibility index (Phi) is 4.09. The van der Waals surface area contributed by atoms with Crippen LogP contribution in [0.5, 0.6) is 0 Å². The molecule has 0 saturated heterocycles. The van der Waals surface area contributed by atoms with Gasteiger partial charge in [-0.3, -0.25) is 0 Å². The number of rotatable bonds is 4. The number of hydrogen-bond acceptors (Lipinski definition) is 2. The van der Waals surface area contributed by atoms with Gasteiger partial charge >= 0.3 is 5.97 Å². The third-order valence-electron chi connectivity index (χ3n) is 3.29. The zero-order valence-electron chi connectivity index (χ0n) is 12.0. The summed E-state index contributed by atoms with van der Waals surface area (Å²) < 4.78 is 5.82. The Bertz CT molecular complexity index is 543. The minimum atomic E-state index is -0.901. The first-order valence-corrected chi connectivity index (χ1v) is 6.79. The van der Waals surface area contributed by atoms with Gasteiger partial charge in [-0.15, -0.1) is 0 Å². The number of carbonyl (C=O) groups is 1. The molecule has 1 aliphatic carbocycles. The molecular formula is C17H20O3. The molecule has 2 rings (SSSR count). The van der Waals surface area contributed by atoms with Crippen molar-refractivity contribution in [3.63, 3.8) is 0 Å². The van der Waals surface area contributed by atoms with Crippen LogP contribution in [0.4, 0.5) is 0 Å². The maximum atomic E-state index is 11.6. The van der Waals surface area contributed by atoms with Crippen LogP contribution in [-0.4, -0.2) is 22.8 Å². The molecule has 0 aromatic heterocycles. The van der Waals surface area contributed by atoms with E-state index in [9.17, 15) is 9.90 Å². The van der Waals surface area contributed by atoms with Crippen LogP contribution in [0.15, 0.2) is 54.1 Å². The number of ether oxygens (including phenoxy) is 1. The lowest BCUT2D eigenvalue weighted by atomic mass is 9.82. The lowest BCUT2D eigenvalue weighted by Gasteiger charge is -2.31. The normalized spacial score (nSPS) is 25.6. The summed E-state index contributed by atoms with van der Waals surface area (Å²) >= 11 is 0. The van der Waals surface area contributed by atoms with E-state index in [1.807, 2.05) is 63.3 Å². The highest BCUT2D eigenvalue weighted by molar-refractivity contribution is 5.90. The van der Waals surface area contributed by atoms with Crippen molar-refractivity contribution in [2.45, 2.75) is 38.4 Å². The average Bonchev–Trinajstić information content (AvgIpc) is 2.38. The van der Waals surface area contributed by atoms with E-state index in [4.69, 9.17) is 4.74 Å². The van der Waals surface area contributed by atoms with Crippen LogP contribution in [0.25, 0.3) is 0 Å². The van der Waals surface area contributed by atoms with Gasteiger partial charge in [-0.1, -0.05) is 42.5 Å². The van der Waals surface area contributed by atoms with Gasteiger partial charge < -0.3 is 9.84 Å². The predicted molar refractivity (Wildman–Crippen MR) is 78.7 cm³/mol. The number of carboxylic acids is 1. The Balaban J connectivity index is 2.37. The van der Waals surface area contributed by atoms with Crippen LogP contribution in [0.3, 0.4) is 0 Å². The number of hydrogen-bond donors (Lipinski definition) is 1. The molecule has 0 fully saturated rings. The van der Waals surface area contributed by atoms with Gasteiger partial charge in [0.1, 0.15) is 5.60 Å². The second-order valence-corrected chi connectivity index (χ2v) is 5.50. The molecule has 1 aromatic carbocycles. The highest BCUT2D eigenvalue weighted by Crippen LogP contribution is 2.34. The monoisotopic (exact) mass is 272 g/mol. The van der Waals surface area contributed by atoms with Crippen molar-refractivity contribution in [1.82, 2.24) is 0 Å². The molecule has 3 heteroatoms. The number of allylic oxidation sites excluding steroid dienone is 1. The van der Waals surface area contributed by atoms with Crippen molar-refractivity contribution in [3.8, 4) is 0 Å². The van der Waals surface area contributed by atoms with Crippen molar-refractivity contribution in [2.24, 2.45) is 0 Å². The first kappa shape index (κ1) is 14.5. The third kappa shape index (κ3) is 3.17. The van der Waals surface area contributed by atoms with Crippen molar-refractivity contribution in [2.75, 3.05) is 0 Å². The van der Waals surface area contributed by atoms with Gasteiger partial charge in [0.25, 0.3) is 0 Å². The standard InChI is InChI=1S/C17H20O3/c1-12(2)20-17(3)10-9-14(15(11-17)16(18)19)13-7-5-4-6-8-13/h4-12,14H,1-3H3,(H,18,19). The molecule has 20 heavy (non-hydrogen) atoms. The van der Waals surface area contributed by atoms with E-state index >= 15 is 0 Å². The van der Waals surface area contributed by atoms with Crippen LogP contribution in [-0.2, 0) is 9.53 Å². The molecular weight excluding hydrogens is 252 g/mol. The zero-order valence-corrected chi connectivity index (χ0v) is 12.0. The molecule has 0 heterocycles. The van der Waals surface area contributed by atoms with E-state index in [1.165, 1.54) is 0 Å². The molecule has 2 atom stereocenters. The number of aliphatic carboxylic acids is 1. The van der Waals surface area contributed by atoms with Crippen LogP contribution < -0.4 is 0 Å². The molecule has 1 aliphatic rings. The Hall–Kier alpha value is -1.87. The quantitative estimate of drug-likeness (QED) is 0.853. The summed E-state index contributed by atoms with van der Waals surface area (Å²) in [5, 5.41) is 9.48. The first-order chi connectivity index (χ1) is 9.41. The molecule has 0 bridgehead atoms. The highest BCUT2D eigenvalue weighted by Gasteiger charge is 2.31. The Morgan fingerprint density at radius 1 is 1.30 bits per heavy atom. The van der Waals surface area contributed by atoms with E-state index < -0.39 is 11.6 Å². The molecule has 106 valence electrons. The topological polar surface area (TPSA) is 46.5 Å². The van der Waals surface area contributed by atoms with Crippen LogP contribution in [0.2, 0.25) is 0 Å². The van der Waals surface area contributed by atoms with Gasteiger partial charge in [0.15, 0.2) is 0 Å². The highest BCUT2D eigenvalue weighted by atomic mass is 16.5. The van der Waals surface area contributed by atoms with E-state index in [-0.39, 0.29) is 12.0 Å². The molecule has 0 saturated carbocycles. The van der Waals surface area contributed by atoms with Crippen molar-refractivity contribution < 1.29 is 14.6 Å². The first-order valence-electron chi connectivity index (χ1n) is 6.79. The predicted octanol–water partition coefficient (Wildman–Crippen LogP) is 3.53. The summed E-state index contributed by atoms with van der Waals surface area (Å²) in [7, 11) is 0. The van der Waals surface area contributed by atoms with Crippen molar-refractivity contribution in [1.29, 1.82) is 0 Å². The van der Waals surface area contributed by atoms with E-state index in [0.29, 0.717) is 5.57 Å². The summed E-state index contributed by atoms with van der Waals surface area (Å²) in [5.41, 5.74) is 0.679. The summed E-state index contributed by atoms with van der Waals surface area (Å²) in [6, 6.07) is 9.64. The fraction of sp³-hybridized carbons (Fsp3) is 0.353. The Morgan fingerprint density at radius 2 is 1.95 bits per heavy atom. The molecule has 1 aromatic rings. The second-order valence-electron chi connectivity index (χ2n) is 5.50. The average molecular weight is 272 g/mol. The van der Waals surface area contributed by atoms with Gasteiger partial charge in [0.2, 0.25) is 0 Å². The van der Waals surface area contributed by atoms with Gasteiger partial charge in [-0.25, -0.2) is 4.79 Å².